The van der Waals surface area contributed by atoms with Gasteiger partial charge in [0.1, 0.15) is 5.56 Å². The third kappa shape index (κ3) is 4.22. The zero-order chi connectivity index (χ0) is 16.4. The van der Waals surface area contributed by atoms with Crippen LogP contribution in [0.2, 0.25) is 0 Å². The van der Waals surface area contributed by atoms with Crippen LogP contribution in [-0.2, 0) is 16.2 Å². The highest BCUT2D eigenvalue weighted by Gasteiger charge is 2.40. The minimum Gasteiger partial charge on any atom is -0.465 e. The van der Waals surface area contributed by atoms with E-state index >= 15 is 0 Å². The van der Waals surface area contributed by atoms with Gasteiger partial charge in [-0.1, -0.05) is 15.9 Å². The monoisotopic (exact) mass is 381 g/mol. The Morgan fingerprint density at radius 2 is 1.86 bits per heavy atom. The van der Waals surface area contributed by atoms with Gasteiger partial charge in [0.2, 0.25) is 5.88 Å². The maximum atomic E-state index is 12.8. The summed E-state index contributed by atoms with van der Waals surface area (Å²) in [6.07, 6.45) is -9.97. The Balaban J connectivity index is 3.58. The lowest BCUT2D eigenvalue weighted by molar-refractivity contribution is -0.276. The molecular weight excluding hydrogens is 376 g/mol. The van der Waals surface area contributed by atoms with E-state index in [2.05, 4.69) is 30.4 Å². The molecule has 0 unspecified atom stereocenters. The number of ether oxygens (including phenoxy) is 2. The van der Waals surface area contributed by atoms with E-state index in [1.54, 1.807) is 0 Å². The number of rotatable bonds is 3. The summed E-state index contributed by atoms with van der Waals surface area (Å²) in [5.41, 5.74) is -3.17. The average molecular weight is 382 g/mol. The zero-order valence-corrected chi connectivity index (χ0v) is 11.7. The molecule has 0 atom stereocenters. The Labute approximate surface area is 122 Å². The summed E-state index contributed by atoms with van der Waals surface area (Å²) in [5, 5.41) is -0.553. The largest absolute Gasteiger partial charge is 0.574 e. The Morgan fingerprint density at radius 1 is 1.29 bits per heavy atom. The van der Waals surface area contributed by atoms with Crippen LogP contribution >= 0.6 is 15.9 Å². The minimum absolute atomic E-state index is 0.157. The topological polar surface area (TPSA) is 48.4 Å². The number of alkyl halides is 7. The van der Waals surface area contributed by atoms with Gasteiger partial charge < -0.3 is 9.47 Å². The van der Waals surface area contributed by atoms with Crippen molar-refractivity contribution in [3.05, 3.63) is 22.9 Å². The van der Waals surface area contributed by atoms with E-state index in [1.807, 2.05) is 0 Å². The quantitative estimate of drug-likeness (QED) is 0.455. The molecule has 0 bridgehead atoms. The summed E-state index contributed by atoms with van der Waals surface area (Å²) in [6.45, 7) is 0. The van der Waals surface area contributed by atoms with Gasteiger partial charge in [-0.25, -0.2) is 9.78 Å². The number of nitrogens with zero attached hydrogens (tertiary/aromatic N) is 1. The maximum Gasteiger partial charge on any atom is 0.574 e. The fourth-order valence-corrected chi connectivity index (χ4v) is 1.99. The molecule has 0 fully saturated rings. The van der Waals surface area contributed by atoms with Gasteiger partial charge >= 0.3 is 18.5 Å². The molecule has 118 valence electrons. The van der Waals surface area contributed by atoms with Crippen molar-refractivity contribution in [3.63, 3.8) is 0 Å². The number of pyridine rings is 1. The smallest absolute Gasteiger partial charge is 0.465 e. The van der Waals surface area contributed by atoms with Crippen LogP contribution in [-0.4, -0.2) is 24.4 Å². The number of halogens is 7. The SMILES string of the molecule is COC(=O)c1c(OC(F)(F)F)ncc(C(F)(F)F)c1CBr. The predicted octanol–water partition coefficient (Wildman–Crippen LogP) is 3.68. The van der Waals surface area contributed by atoms with E-state index in [9.17, 15) is 31.1 Å². The van der Waals surface area contributed by atoms with Crippen LogP contribution in [0.1, 0.15) is 21.5 Å². The Morgan fingerprint density at radius 3 is 2.24 bits per heavy atom. The van der Waals surface area contributed by atoms with Gasteiger partial charge in [-0.2, -0.15) is 13.2 Å². The van der Waals surface area contributed by atoms with Crippen LogP contribution in [0.15, 0.2) is 6.20 Å². The second-order valence-electron chi connectivity index (χ2n) is 3.50. The van der Waals surface area contributed by atoms with Gasteiger partial charge in [0.25, 0.3) is 0 Å². The molecule has 0 aliphatic rings. The third-order valence-corrected chi connectivity index (χ3v) is 2.75. The summed E-state index contributed by atoms with van der Waals surface area (Å²) in [7, 11) is 0.804. The minimum atomic E-state index is -5.22. The molecule has 0 amide bonds. The molecule has 1 heterocycles. The third-order valence-electron chi connectivity index (χ3n) is 2.19. The number of esters is 1. The highest BCUT2D eigenvalue weighted by molar-refractivity contribution is 9.08. The highest BCUT2D eigenvalue weighted by atomic mass is 79.9. The first-order valence-corrected chi connectivity index (χ1v) is 6.12. The van der Waals surface area contributed by atoms with Crippen molar-refractivity contribution in [1.82, 2.24) is 4.98 Å². The number of carbonyl (C=O) groups excluding carboxylic acids is 1. The van der Waals surface area contributed by atoms with Crippen LogP contribution in [0.25, 0.3) is 0 Å². The second-order valence-corrected chi connectivity index (χ2v) is 4.06. The van der Waals surface area contributed by atoms with Crippen LogP contribution in [0.4, 0.5) is 26.3 Å². The van der Waals surface area contributed by atoms with Crippen LogP contribution in [0.3, 0.4) is 0 Å². The zero-order valence-electron chi connectivity index (χ0n) is 10.1. The van der Waals surface area contributed by atoms with Gasteiger partial charge in [0, 0.05) is 11.5 Å². The second kappa shape index (κ2) is 6.08. The molecule has 0 aliphatic carbocycles. The Hall–Kier alpha value is -1.52. The van der Waals surface area contributed by atoms with Gasteiger partial charge in [0.05, 0.1) is 12.7 Å². The standard InChI is InChI=1S/C10H6BrF6NO3/c1-20-8(19)6-4(2-11)5(9(12,13)14)3-18-7(6)21-10(15,16)17/h3H,2H2,1H3. The average Bonchev–Trinajstić information content (AvgIpc) is 2.33. The molecule has 0 saturated carbocycles. The Bertz CT molecular complexity index is 543. The molecule has 1 rings (SSSR count). The fraction of sp³-hybridized carbons (Fsp3) is 0.400. The number of hydrogen-bond donors (Lipinski definition) is 0. The number of carbonyl (C=O) groups is 1. The van der Waals surface area contributed by atoms with Crippen LogP contribution in [0.5, 0.6) is 5.88 Å². The van der Waals surface area contributed by atoms with Gasteiger partial charge in [-0.15, -0.1) is 13.2 Å². The van der Waals surface area contributed by atoms with Crippen molar-refractivity contribution in [2.45, 2.75) is 17.9 Å². The van der Waals surface area contributed by atoms with Crippen molar-refractivity contribution in [1.29, 1.82) is 0 Å². The van der Waals surface area contributed by atoms with Crippen molar-refractivity contribution < 1.29 is 40.6 Å². The van der Waals surface area contributed by atoms with Crippen LogP contribution < -0.4 is 4.74 Å². The van der Waals surface area contributed by atoms with Crippen molar-refractivity contribution in [2.75, 3.05) is 7.11 Å². The first-order valence-electron chi connectivity index (χ1n) is 5.00. The summed E-state index contributed by atoms with van der Waals surface area (Å²) >= 11 is 2.69. The van der Waals surface area contributed by atoms with Crippen molar-refractivity contribution >= 4 is 21.9 Å². The highest BCUT2D eigenvalue weighted by Crippen LogP contribution is 2.38. The van der Waals surface area contributed by atoms with E-state index in [4.69, 9.17) is 0 Å². The molecule has 1 aromatic heterocycles. The van der Waals surface area contributed by atoms with Crippen LogP contribution in [0, 0.1) is 0 Å². The first-order chi connectivity index (χ1) is 9.51. The summed E-state index contributed by atoms with van der Waals surface area (Å²) in [4.78, 5) is 14.4. The lowest BCUT2D eigenvalue weighted by atomic mass is 10.1. The number of methoxy groups -OCH3 is 1. The molecule has 11 heteroatoms. The van der Waals surface area contributed by atoms with Gasteiger partial charge in [-0.05, 0) is 5.56 Å². The van der Waals surface area contributed by atoms with Crippen molar-refractivity contribution in [3.8, 4) is 5.88 Å². The number of hydrogen-bond acceptors (Lipinski definition) is 4. The molecule has 0 aliphatic heterocycles. The summed E-state index contributed by atoms with van der Waals surface area (Å²) in [6, 6.07) is 0. The molecule has 0 saturated heterocycles. The lowest BCUT2D eigenvalue weighted by Gasteiger charge is -2.17. The lowest BCUT2D eigenvalue weighted by Crippen LogP contribution is -2.23. The van der Waals surface area contributed by atoms with E-state index < -0.39 is 46.4 Å². The predicted molar refractivity (Wildman–Crippen MR) is 59.9 cm³/mol. The molecule has 0 N–H and O–H groups in total. The van der Waals surface area contributed by atoms with Crippen molar-refractivity contribution in [2.24, 2.45) is 0 Å². The number of aromatic nitrogens is 1. The molecule has 0 spiro atoms. The summed E-state index contributed by atoms with van der Waals surface area (Å²) in [5.74, 6) is -2.74. The van der Waals surface area contributed by atoms with E-state index in [0.29, 0.717) is 0 Å². The molecule has 0 aromatic carbocycles. The molecule has 21 heavy (non-hydrogen) atoms. The van der Waals surface area contributed by atoms with E-state index in [0.717, 1.165) is 7.11 Å². The molecule has 1 aromatic rings. The Kier molecular flexibility index (Phi) is 5.07. The van der Waals surface area contributed by atoms with E-state index in [1.165, 1.54) is 0 Å². The van der Waals surface area contributed by atoms with Gasteiger partial charge in [-0.3, -0.25) is 0 Å². The molecule has 0 radical (unpaired) electrons. The first kappa shape index (κ1) is 17.5. The van der Waals surface area contributed by atoms with Gasteiger partial charge in [0.15, 0.2) is 0 Å². The normalized spacial score (nSPS) is 12.2. The summed E-state index contributed by atoms with van der Waals surface area (Å²) < 4.78 is 82.6. The molecular formula is C10H6BrF6NO3. The maximum absolute atomic E-state index is 12.8. The van der Waals surface area contributed by atoms with E-state index in [-0.39, 0.29) is 6.20 Å². The fourth-order valence-electron chi connectivity index (χ4n) is 1.41. The molecule has 4 nitrogen and oxygen atoms in total.